The van der Waals surface area contributed by atoms with Crippen molar-refractivity contribution in [3.8, 4) is 0 Å². The van der Waals surface area contributed by atoms with E-state index >= 15 is 0 Å². The van der Waals surface area contributed by atoms with E-state index in [1.165, 1.54) is 43.4 Å². The average Bonchev–Trinajstić information content (AvgIpc) is 2.97. The van der Waals surface area contributed by atoms with Gasteiger partial charge in [-0.3, -0.25) is 0 Å². The lowest BCUT2D eigenvalue weighted by Crippen LogP contribution is -2.37. The number of fused-ring (bicyclic) bond motifs is 1. The molecule has 2 N–H and O–H groups in total. The summed E-state index contributed by atoms with van der Waals surface area (Å²) in [5.74, 6) is 0.710. The highest BCUT2D eigenvalue weighted by molar-refractivity contribution is 5.48. The second-order valence-corrected chi connectivity index (χ2v) is 6.53. The SMILES string of the molecule is Cc1cccn2c(CNC(CCO)C3CCCCC3)cnc12. The Morgan fingerprint density at radius 2 is 2.18 bits per heavy atom. The molecule has 2 aromatic rings. The highest BCUT2D eigenvalue weighted by Gasteiger charge is 2.23. The number of hydrogen-bond acceptors (Lipinski definition) is 3. The third kappa shape index (κ3) is 3.33. The summed E-state index contributed by atoms with van der Waals surface area (Å²) in [6.45, 7) is 3.17. The van der Waals surface area contributed by atoms with Gasteiger partial charge in [-0.25, -0.2) is 4.98 Å². The molecule has 0 aromatic carbocycles. The summed E-state index contributed by atoms with van der Waals surface area (Å²) in [5.41, 5.74) is 3.43. The lowest BCUT2D eigenvalue weighted by molar-refractivity contribution is 0.205. The van der Waals surface area contributed by atoms with E-state index in [0.717, 1.165) is 18.6 Å². The Balaban J connectivity index is 1.69. The molecule has 4 heteroatoms. The van der Waals surface area contributed by atoms with Crippen molar-refractivity contribution in [3.63, 3.8) is 0 Å². The molecular weight excluding hydrogens is 274 g/mol. The van der Waals surface area contributed by atoms with Crippen molar-refractivity contribution in [1.29, 1.82) is 0 Å². The molecule has 0 spiro atoms. The van der Waals surface area contributed by atoms with Crippen LogP contribution in [0.3, 0.4) is 0 Å². The number of rotatable bonds is 6. The first-order valence-electron chi connectivity index (χ1n) is 8.55. The molecule has 1 fully saturated rings. The van der Waals surface area contributed by atoms with E-state index in [-0.39, 0.29) is 6.61 Å². The Labute approximate surface area is 132 Å². The molecule has 2 heterocycles. The maximum Gasteiger partial charge on any atom is 0.139 e. The molecule has 1 unspecified atom stereocenters. The van der Waals surface area contributed by atoms with Crippen LogP contribution in [0, 0.1) is 12.8 Å². The van der Waals surface area contributed by atoms with Gasteiger partial charge < -0.3 is 14.8 Å². The van der Waals surface area contributed by atoms with Crippen LogP contribution in [0.5, 0.6) is 0 Å². The Kier molecular flexibility index (Phi) is 5.11. The molecule has 1 aliphatic rings. The fourth-order valence-corrected chi connectivity index (χ4v) is 3.75. The van der Waals surface area contributed by atoms with Crippen LogP contribution in [-0.4, -0.2) is 27.1 Å². The van der Waals surface area contributed by atoms with E-state index in [0.29, 0.717) is 12.0 Å². The Hall–Kier alpha value is -1.39. The molecule has 22 heavy (non-hydrogen) atoms. The van der Waals surface area contributed by atoms with Gasteiger partial charge in [-0.2, -0.15) is 0 Å². The van der Waals surface area contributed by atoms with Gasteiger partial charge in [0, 0.05) is 25.4 Å². The molecule has 120 valence electrons. The number of nitrogens with zero attached hydrogens (tertiary/aromatic N) is 2. The molecule has 3 rings (SSSR count). The predicted octanol–water partition coefficient (Wildman–Crippen LogP) is 3.06. The maximum atomic E-state index is 9.38. The third-order valence-corrected chi connectivity index (χ3v) is 5.01. The quantitative estimate of drug-likeness (QED) is 0.862. The predicted molar refractivity (Wildman–Crippen MR) is 88.8 cm³/mol. The van der Waals surface area contributed by atoms with Crippen LogP contribution in [0.15, 0.2) is 24.5 Å². The number of nitrogens with one attached hydrogen (secondary N) is 1. The van der Waals surface area contributed by atoms with E-state index < -0.39 is 0 Å². The number of aliphatic hydroxyl groups is 1. The number of aromatic nitrogens is 2. The van der Waals surface area contributed by atoms with Crippen LogP contribution in [0.25, 0.3) is 5.65 Å². The largest absolute Gasteiger partial charge is 0.396 e. The molecular formula is C18H27N3O. The second-order valence-electron chi connectivity index (χ2n) is 6.53. The summed E-state index contributed by atoms with van der Waals surface area (Å²) in [6, 6.07) is 4.58. The van der Waals surface area contributed by atoms with Crippen molar-refractivity contribution in [1.82, 2.24) is 14.7 Å². The van der Waals surface area contributed by atoms with E-state index in [2.05, 4.69) is 40.0 Å². The van der Waals surface area contributed by atoms with Gasteiger partial charge in [-0.05, 0) is 43.7 Å². The fraction of sp³-hybridized carbons (Fsp3) is 0.611. The fourth-order valence-electron chi connectivity index (χ4n) is 3.75. The molecule has 0 saturated heterocycles. The van der Waals surface area contributed by atoms with Gasteiger partial charge in [-0.1, -0.05) is 25.3 Å². The topological polar surface area (TPSA) is 49.6 Å². The molecule has 2 aromatic heterocycles. The lowest BCUT2D eigenvalue weighted by atomic mass is 9.82. The van der Waals surface area contributed by atoms with Gasteiger partial charge >= 0.3 is 0 Å². The summed E-state index contributed by atoms with van der Waals surface area (Å²) in [5, 5.41) is 13.1. The minimum atomic E-state index is 0.264. The van der Waals surface area contributed by atoms with E-state index in [1.807, 2.05) is 6.20 Å². The zero-order valence-electron chi connectivity index (χ0n) is 13.5. The van der Waals surface area contributed by atoms with Gasteiger partial charge in [0.25, 0.3) is 0 Å². The van der Waals surface area contributed by atoms with Crippen LogP contribution in [0.1, 0.15) is 49.8 Å². The zero-order chi connectivity index (χ0) is 15.4. The lowest BCUT2D eigenvalue weighted by Gasteiger charge is -2.30. The van der Waals surface area contributed by atoms with E-state index in [4.69, 9.17) is 0 Å². The van der Waals surface area contributed by atoms with Gasteiger partial charge in [0.2, 0.25) is 0 Å². The van der Waals surface area contributed by atoms with Gasteiger partial charge in [0.05, 0.1) is 11.9 Å². The van der Waals surface area contributed by atoms with Crippen molar-refractivity contribution < 1.29 is 5.11 Å². The van der Waals surface area contributed by atoms with Crippen LogP contribution in [0.4, 0.5) is 0 Å². The Morgan fingerprint density at radius 3 is 2.95 bits per heavy atom. The first kappa shape index (κ1) is 15.5. The summed E-state index contributed by atoms with van der Waals surface area (Å²) in [4.78, 5) is 4.53. The molecule has 0 bridgehead atoms. The molecule has 4 nitrogen and oxygen atoms in total. The van der Waals surface area contributed by atoms with Gasteiger partial charge in [-0.15, -0.1) is 0 Å². The smallest absolute Gasteiger partial charge is 0.139 e. The third-order valence-electron chi connectivity index (χ3n) is 5.01. The van der Waals surface area contributed by atoms with E-state index in [9.17, 15) is 5.11 Å². The second kappa shape index (κ2) is 7.25. The molecule has 1 saturated carbocycles. The summed E-state index contributed by atoms with van der Waals surface area (Å²) in [7, 11) is 0. The van der Waals surface area contributed by atoms with Crippen LogP contribution in [0.2, 0.25) is 0 Å². The first-order valence-corrected chi connectivity index (χ1v) is 8.55. The molecule has 0 radical (unpaired) electrons. The molecule has 1 aliphatic carbocycles. The van der Waals surface area contributed by atoms with Gasteiger partial charge in [0.1, 0.15) is 5.65 Å². The highest BCUT2D eigenvalue weighted by atomic mass is 16.3. The molecule has 0 aliphatic heterocycles. The zero-order valence-corrected chi connectivity index (χ0v) is 13.5. The normalized spacial score (nSPS) is 17.9. The summed E-state index contributed by atoms with van der Waals surface area (Å²) >= 11 is 0. The van der Waals surface area contributed by atoms with Crippen molar-refractivity contribution >= 4 is 5.65 Å². The van der Waals surface area contributed by atoms with Crippen molar-refractivity contribution in [3.05, 3.63) is 35.8 Å². The Bertz CT molecular complexity index is 601. The van der Waals surface area contributed by atoms with Crippen LogP contribution in [-0.2, 0) is 6.54 Å². The number of pyridine rings is 1. The summed E-state index contributed by atoms with van der Waals surface area (Å²) < 4.78 is 2.17. The van der Waals surface area contributed by atoms with Gasteiger partial charge in [0.15, 0.2) is 0 Å². The average molecular weight is 301 g/mol. The summed E-state index contributed by atoms with van der Waals surface area (Å²) in [6.07, 6.45) is 11.5. The van der Waals surface area contributed by atoms with Crippen LogP contribution >= 0.6 is 0 Å². The number of aliphatic hydroxyl groups excluding tert-OH is 1. The monoisotopic (exact) mass is 301 g/mol. The number of hydrogen-bond donors (Lipinski definition) is 2. The van der Waals surface area contributed by atoms with Crippen molar-refractivity contribution in [2.75, 3.05) is 6.61 Å². The van der Waals surface area contributed by atoms with Crippen molar-refractivity contribution in [2.45, 2.75) is 58.0 Å². The highest BCUT2D eigenvalue weighted by Crippen LogP contribution is 2.28. The number of aryl methyl sites for hydroxylation is 1. The van der Waals surface area contributed by atoms with Crippen LogP contribution < -0.4 is 5.32 Å². The minimum Gasteiger partial charge on any atom is -0.396 e. The standard InChI is InChI=1S/C18H27N3O/c1-14-6-5-10-21-16(13-20-18(14)21)12-19-17(9-11-22)15-7-3-2-4-8-15/h5-6,10,13,15,17,19,22H,2-4,7-9,11-12H2,1H3. The first-order chi connectivity index (χ1) is 10.8. The Morgan fingerprint density at radius 1 is 1.36 bits per heavy atom. The minimum absolute atomic E-state index is 0.264. The van der Waals surface area contributed by atoms with E-state index in [1.54, 1.807) is 0 Å². The molecule has 1 atom stereocenters. The number of imidazole rings is 1. The van der Waals surface area contributed by atoms with Crippen molar-refractivity contribution in [2.24, 2.45) is 5.92 Å². The maximum absolute atomic E-state index is 9.38. The molecule has 0 amide bonds.